The lowest BCUT2D eigenvalue weighted by atomic mass is 10.1. The highest BCUT2D eigenvalue weighted by atomic mass is 32.2. The highest BCUT2D eigenvalue weighted by molar-refractivity contribution is 7.88. The summed E-state index contributed by atoms with van der Waals surface area (Å²) in [6.07, 6.45) is 2.95. The lowest BCUT2D eigenvalue weighted by Gasteiger charge is -2.34. The van der Waals surface area contributed by atoms with Crippen LogP contribution >= 0.6 is 0 Å². The number of hydrogen-bond acceptors (Lipinski definition) is 6. The van der Waals surface area contributed by atoms with E-state index in [0.717, 1.165) is 28.0 Å². The Morgan fingerprint density at radius 1 is 1.12 bits per heavy atom. The van der Waals surface area contributed by atoms with Gasteiger partial charge in [0.25, 0.3) is 0 Å². The van der Waals surface area contributed by atoms with E-state index in [0.29, 0.717) is 26.2 Å². The lowest BCUT2D eigenvalue weighted by molar-refractivity contribution is 0.387. The second-order valence-corrected chi connectivity index (χ2v) is 8.34. The van der Waals surface area contributed by atoms with Crippen molar-refractivity contribution in [3.8, 4) is 17.0 Å². The van der Waals surface area contributed by atoms with E-state index in [1.807, 2.05) is 12.1 Å². The normalized spacial score (nSPS) is 16.3. The van der Waals surface area contributed by atoms with E-state index in [1.165, 1.54) is 10.6 Å². The number of hydrogen-bond donors (Lipinski definition) is 2. The molecular weight excluding hydrogens is 354 g/mol. The SMILES string of the molecule is CS(=O)(=O)N1CCN(c2cc(-c3n[nH]c4ccc(O)cc34)ccn2)CC1. The summed E-state index contributed by atoms with van der Waals surface area (Å²) in [6.45, 7) is 2.07. The zero-order chi connectivity index (χ0) is 18.3. The van der Waals surface area contributed by atoms with Crippen molar-refractivity contribution in [2.75, 3.05) is 37.3 Å². The summed E-state index contributed by atoms with van der Waals surface area (Å²) < 4.78 is 24.8. The molecule has 3 aromatic rings. The number of anilines is 1. The monoisotopic (exact) mass is 373 g/mol. The molecule has 8 nitrogen and oxygen atoms in total. The number of sulfonamides is 1. The maximum absolute atomic E-state index is 11.7. The number of piperazine rings is 1. The molecule has 0 spiro atoms. The Balaban J connectivity index is 1.62. The third-order valence-corrected chi connectivity index (χ3v) is 5.90. The Morgan fingerprint density at radius 2 is 1.88 bits per heavy atom. The van der Waals surface area contributed by atoms with Crippen LogP contribution in [0.25, 0.3) is 22.2 Å². The van der Waals surface area contributed by atoms with E-state index in [-0.39, 0.29) is 5.75 Å². The molecule has 26 heavy (non-hydrogen) atoms. The van der Waals surface area contributed by atoms with E-state index in [4.69, 9.17) is 0 Å². The number of H-pyrrole nitrogens is 1. The fraction of sp³-hybridized carbons (Fsp3) is 0.294. The molecule has 9 heteroatoms. The number of rotatable bonds is 3. The highest BCUT2D eigenvalue weighted by Gasteiger charge is 2.24. The van der Waals surface area contributed by atoms with Crippen LogP contribution in [0.15, 0.2) is 36.5 Å². The Morgan fingerprint density at radius 3 is 2.62 bits per heavy atom. The van der Waals surface area contributed by atoms with Crippen LogP contribution in [0.5, 0.6) is 5.75 Å². The number of benzene rings is 1. The van der Waals surface area contributed by atoms with Crippen molar-refractivity contribution < 1.29 is 13.5 Å². The molecule has 0 bridgehead atoms. The quantitative estimate of drug-likeness (QED) is 0.720. The number of pyridine rings is 1. The summed E-state index contributed by atoms with van der Waals surface area (Å²) in [5.74, 6) is 0.971. The molecule has 136 valence electrons. The number of phenols is 1. The van der Waals surface area contributed by atoms with Crippen LogP contribution in [0.2, 0.25) is 0 Å². The average molecular weight is 373 g/mol. The zero-order valence-electron chi connectivity index (χ0n) is 14.3. The molecule has 1 aliphatic rings. The molecule has 0 unspecified atom stereocenters. The Kier molecular flexibility index (Phi) is 4.04. The maximum atomic E-state index is 11.7. The minimum Gasteiger partial charge on any atom is -0.508 e. The molecule has 0 aliphatic carbocycles. The van der Waals surface area contributed by atoms with Gasteiger partial charge in [-0.05, 0) is 30.3 Å². The second kappa shape index (κ2) is 6.26. The van der Waals surface area contributed by atoms with Gasteiger partial charge in [-0.25, -0.2) is 13.4 Å². The molecule has 4 rings (SSSR count). The van der Waals surface area contributed by atoms with E-state index >= 15 is 0 Å². The van der Waals surface area contributed by atoms with Crippen LogP contribution in [0.1, 0.15) is 0 Å². The molecule has 1 fully saturated rings. The number of aromatic nitrogens is 3. The summed E-state index contributed by atoms with van der Waals surface area (Å²) in [5.41, 5.74) is 2.48. The van der Waals surface area contributed by atoms with Crippen LogP contribution < -0.4 is 4.90 Å². The molecular formula is C17H19N5O3S. The van der Waals surface area contributed by atoms with Crippen LogP contribution in [0, 0.1) is 0 Å². The van der Waals surface area contributed by atoms with Crippen molar-refractivity contribution in [2.45, 2.75) is 0 Å². The van der Waals surface area contributed by atoms with Crippen molar-refractivity contribution in [3.63, 3.8) is 0 Å². The van der Waals surface area contributed by atoms with Gasteiger partial charge in [0.2, 0.25) is 10.0 Å². The first-order valence-electron chi connectivity index (χ1n) is 8.25. The van der Waals surface area contributed by atoms with Crippen molar-refractivity contribution >= 4 is 26.7 Å². The Hall–Kier alpha value is -2.65. The van der Waals surface area contributed by atoms with Gasteiger partial charge in [-0.2, -0.15) is 9.40 Å². The largest absolute Gasteiger partial charge is 0.508 e. The summed E-state index contributed by atoms with van der Waals surface area (Å²) >= 11 is 0. The van der Waals surface area contributed by atoms with Crippen LogP contribution in [-0.4, -0.2) is 65.4 Å². The van der Waals surface area contributed by atoms with Crippen molar-refractivity contribution in [1.82, 2.24) is 19.5 Å². The van der Waals surface area contributed by atoms with Gasteiger partial charge >= 0.3 is 0 Å². The highest BCUT2D eigenvalue weighted by Crippen LogP contribution is 2.30. The molecule has 1 saturated heterocycles. The van der Waals surface area contributed by atoms with Crippen molar-refractivity contribution in [1.29, 1.82) is 0 Å². The summed E-state index contributed by atoms with van der Waals surface area (Å²) in [7, 11) is -3.16. The predicted molar refractivity (Wildman–Crippen MR) is 99.6 cm³/mol. The fourth-order valence-corrected chi connectivity index (χ4v) is 4.04. The topological polar surface area (TPSA) is 102 Å². The predicted octanol–water partition coefficient (Wildman–Crippen LogP) is 1.41. The third kappa shape index (κ3) is 3.11. The van der Waals surface area contributed by atoms with Crippen molar-refractivity contribution in [3.05, 3.63) is 36.5 Å². The average Bonchev–Trinajstić information content (AvgIpc) is 3.04. The molecule has 0 radical (unpaired) electrons. The van der Waals surface area contributed by atoms with Gasteiger partial charge in [0.05, 0.1) is 11.8 Å². The smallest absolute Gasteiger partial charge is 0.211 e. The van der Waals surface area contributed by atoms with E-state index in [9.17, 15) is 13.5 Å². The second-order valence-electron chi connectivity index (χ2n) is 6.35. The summed E-state index contributed by atoms with van der Waals surface area (Å²) in [4.78, 5) is 6.50. The van der Waals surface area contributed by atoms with E-state index in [2.05, 4.69) is 20.1 Å². The molecule has 0 saturated carbocycles. The minimum absolute atomic E-state index is 0.186. The molecule has 3 heterocycles. The first-order valence-corrected chi connectivity index (χ1v) is 10.1. The number of aromatic hydroxyl groups is 1. The number of aromatic amines is 1. The Bertz CT molecular complexity index is 1060. The standard InChI is InChI=1S/C17H19N5O3S/c1-26(24,25)22-8-6-21(7-9-22)16-10-12(4-5-18-16)17-14-11-13(23)2-3-15(14)19-20-17/h2-5,10-11,23H,6-9H2,1H3,(H,19,20). The molecule has 1 aromatic carbocycles. The molecule has 2 N–H and O–H groups in total. The fourth-order valence-electron chi connectivity index (χ4n) is 3.21. The number of phenolic OH excluding ortho intramolecular Hbond substituents is 1. The maximum Gasteiger partial charge on any atom is 0.211 e. The van der Waals surface area contributed by atoms with Crippen molar-refractivity contribution in [2.24, 2.45) is 0 Å². The molecule has 2 aromatic heterocycles. The summed E-state index contributed by atoms with van der Waals surface area (Å²) in [6, 6.07) is 8.89. The zero-order valence-corrected chi connectivity index (χ0v) is 15.1. The van der Waals surface area contributed by atoms with Gasteiger partial charge in [-0.3, -0.25) is 5.10 Å². The number of nitrogens with zero attached hydrogens (tertiary/aromatic N) is 4. The first kappa shape index (κ1) is 16.8. The Labute approximate surface area is 151 Å². The molecule has 0 amide bonds. The number of nitrogens with one attached hydrogen (secondary N) is 1. The van der Waals surface area contributed by atoms with Gasteiger partial charge in [0.1, 0.15) is 17.3 Å². The van der Waals surface area contributed by atoms with Gasteiger partial charge in [0.15, 0.2) is 0 Å². The van der Waals surface area contributed by atoms with E-state index in [1.54, 1.807) is 24.4 Å². The summed E-state index contributed by atoms with van der Waals surface area (Å²) in [5, 5.41) is 17.9. The van der Waals surface area contributed by atoms with Crippen LogP contribution in [0.4, 0.5) is 5.82 Å². The van der Waals surface area contributed by atoms with Gasteiger partial charge in [-0.1, -0.05) is 0 Å². The molecule has 0 atom stereocenters. The van der Waals surface area contributed by atoms with Crippen LogP contribution in [0.3, 0.4) is 0 Å². The van der Waals surface area contributed by atoms with Crippen LogP contribution in [-0.2, 0) is 10.0 Å². The lowest BCUT2D eigenvalue weighted by Crippen LogP contribution is -2.48. The van der Waals surface area contributed by atoms with Gasteiger partial charge < -0.3 is 10.0 Å². The van der Waals surface area contributed by atoms with Gasteiger partial charge in [0, 0.05) is 43.3 Å². The van der Waals surface area contributed by atoms with E-state index < -0.39 is 10.0 Å². The first-order chi connectivity index (χ1) is 12.4. The van der Waals surface area contributed by atoms with Gasteiger partial charge in [-0.15, -0.1) is 0 Å². The number of fused-ring (bicyclic) bond motifs is 1. The molecule has 1 aliphatic heterocycles. The third-order valence-electron chi connectivity index (χ3n) is 4.60. The minimum atomic E-state index is -3.16.